The molecule has 218 valence electrons. The Kier molecular flexibility index (Phi) is 7.54. The van der Waals surface area contributed by atoms with Crippen molar-refractivity contribution in [2.24, 2.45) is 10.7 Å². The lowest BCUT2D eigenvalue weighted by atomic mass is 9.86. The van der Waals surface area contributed by atoms with Crippen molar-refractivity contribution in [2.75, 3.05) is 0 Å². The Morgan fingerprint density at radius 1 is 1.00 bits per heavy atom. The van der Waals surface area contributed by atoms with Gasteiger partial charge in [0.25, 0.3) is 0 Å². The smallest absolute Gasteiger partial charge is 0.387 e. The third-order valence-corrected chi connectivity index (χ3v) is 7.41. The minimum atomic E-state index is -3.28. The number of aryl methyl sites for hydroxylation is 4. The molecule has 2 heterocycles. The van der Waals surface area contributed by atoms with E-state index in [1.807, 2.05) is 32.9 Å². The summed E-state index contributed by atoms with van der Waals surface area (Å²) in [7, 11) is 0. The summed E-state index contributed by atoms with van der Waals surface area (Å²) in [4.78, 5) is 30.2. The molecule has 41 heavy (non-hydrogen) atoms. The van der Waals surface area contributed by atoms with Crippen LogP contribution in [-0.4, -0.2) is 34.4 Å². The number of rotatable bonds is 7. The molecule has 0 spiro atoms. The van der Waals surface area contributed by atoms with Crippen LogP contribution in [0, 0.1) is 20.8 Å². The summed E-state index contributed by atoms with van der Waals surface area (Å²) in [5.41, 5.74) is 10.0. The van der Waals surface area contributed by atoms with Gasteiger partial charge >= 0.3 is 24.9 Å². The van der Waals surface area contributed by atoms with Crippen LogP contribution < -0.4 is 31.7 Å². The number of nitrogens with two attached hydrogens (primary N) is 1. The van der Waals surface area contributed by atoms with Gasteiger partial charge in [-0.1, -0.05) is 17.7 Å². The SMILES string of the molecule is Cc1cc(C)c(N=c2cc3n(c(=O)n2C2CC(NC(N)=O)C2)CCc2cc(OC(F)F)c(OC(F)F)cc2-3)c(C)c1. The van der Waals surface area contributed by atoms with Gasteiger partial charge in [-0.3, -0.25) is 9.13 Å². The van der Waals surface area contributed by atoms with Crippen molar-refractivity contribution in [1.82, 2.24) is 14.5 Å². The Labute approximate surface area is 232 Å². The highest BCUT2D eigenvalue weighted by atomic mass is 19.3. The number of hydrogen-bond donors (Lipinski definition) is 2. The lowest BCUT2D eigenvalue weighted by Gasteiger charge is -2.37. The molecule has 0 unspecified atom stereocenters. The first kappa shape index (κ1) is 28.2. The lowest BCUT2D eigenvalue weighted by molar-refractivity contribution is -0.0692. The Hall–Kier alpha value is -4.29. The van der Waals surface area contributed by atoms with Crippen LogP contribution in [-0.2, 0) is 13.0 Å². The fraction of sp³-hybridized carbons (Fsp3) is 0.393. The number of amides is 2. The highest BCUT2D eigenvalue weighted by molar-refractivity contribution is 5.72. The van der Waals surface area contributed by atoms with Gasteiger partial charge in [0, 0.05) is 30.3 Å². The largest absolute Gasteiger partial charge is 0.431 e. The predicted octanol–water partition coefficient (Wildman–Crippen LogP) is 4.61. The number of hydrogen-bond acceptors (Lipinski definition) is 5. The molecule has 5 rings (SSSR count). The van der Waals surface area contributed by atoms with Crippen molar-refractivity contribution in [3.05, 3.63) is 68.6 Å². The van der Waals surface area contributed by atoms with Crippen LogP contribution in [0.4, 0.5) is 28.0 Å². The van der Waals surface area contributed by atoms with E-state index in [0.29, 0.717) is 40.8 Å². The van der Waals surface area contributed by atoms with Crippen molar-refractivity contribution in [2.45, 2.75) is 71.9 Å². The molecule has 1 saturated carbocycles. The summed E-state index contributed by atoms with van der Waals surface area (Å²) in [5, 5.41) is 2.65. The van der Waals surface area contributed by atoms with E-state index in [4.69, 9.17) is 10.7 Å². The average molecular weight is 576 g/mol. The normalized spacial score (nSPS) is 18.1. The van der Waals surface area contributed by atoms with Crippen LogP contribution >= 0.6 is 0 Å². The minimum absolute atomic E-state index is 0.191. The van der Waals surface area contributed by atoms with Crippen molar-refractivity contribution < 1.29 is 31.8 Å². The van der Waals surface area contributed by atoms with Crippen molar-refractivity contribution in [3.63, 3.8) is 0 Å². The van der Waals surface area contributed by atoms with Crippen molar-refractivity contribution in [3.8, 4) is 22.8 Å². The Morgan fingerprint density at radius 2 is 1.61 bits per heavy atom. The summed E-state index contributed by atoms with van der Waals surface area (Å²) in [6, 6.07) is 6.96. The molecule has 2 aromatic carbocycles. The zero-order valence-electron chi connectivity index (χ0n) is 22.6. The summed E-state index contributed by atoms with van der Waals surface area (Å²) in [5.74, 6) is -1.08. The van der Waals surface area contributed by atoms with Gasteiger partial charge < -0.3 is 20.5 Å². The van der Waals surface area contributed by atoms with E-state index in [9.17, 15) is 27.2 Å². The number of carbonyl (C=O) groups excluding carboxylic acids is 1. The number of ether oxygens (including phenoxy) is 2. The topological polar surface area (TPSA) is 113 Å². The van der Waals surface area contributed by atoms with E-state index in [0.717, 1.165) is 16.7 Å². The monoisotopic (exact) mass is 575 g/mol. The average Bonchev–Trinajstić information content (AvgIpc) is 2.83. The van der Waals surface area contributed by atoms with Gasteiger partial charge in [-0.2, -0.15) is 17.6 Å². The molecule has 2 aliphatic rings. The molecule has 0 atom stereocenters. The Balaban J connectivity index is 1.72. The lowest BCUT2D eigenvalue weighted by Crippen LogP contribution is -2.53. The minimum Gasteiger partial charge on any atom is -0.431 e. The van der Waals surface area contributed by atoms with Gasteiger partial charge in [0.05, 0.1) is 11.4 Å². The van der Waals surface area contributed by atoms with Gasteiger partial charge in [-0.15, -0.1) is 0 Å². The van der Waals surface area contributed by atoms with E-state index in [1.54, 1.807) is 10.6 Å². The molecule has 3 N–H and O–H groups in total. The van der Waals surface area contributed by atoms with E-state index in [2.05, 4.69) is 14.8 Å². The van der Waals surface area contributed by atoms with Crippen LogP contribution in [0.25, 0.3) is 11.3 Å². The van der Waals surface area contributed by atoms with E-state index < -0.39 is 30.8 Å². The van der Waals surface area contributed by atoms with Crippen LogP contribution in [0.3, 0.4) is 0 Å². The number of urea groups is 1. The summed E-state index contributed by atoms with van der Waals surface area (Å²) < 4.78 is 64.4. The van der Waals surface area contributed by atoms with Gasteiger partial charge in [0.15, 0.2) is 11.5 Å². The number of nitrogens with one attached hydrogen (secondary N) is 1. The first-order valence-corrected chi connectivity index (χ1v) is 13.0. The van der Waals surface area contributed by atoms with Crippen molar-refractivity contribution in [1.29, 1.82) is 0 Å². The molecule has 3 aromatic rings. The molecule has 1 aliphatic carbocycles. The maximum Gasteiger partial charge on any atom is 0.387 e. The zero-order valence-corrected chi connectivity index (χ0v) is 22.6. The molecule has 1 aromatic heterocycles. The number of fused-ring (bicyclic) bond motifs is 3. The highest BCUT2D eigenvalue weighted by Gasteiger charge is 2.34. The maximum absolute atomic E-state index is 14.0. The van der Waals surface area contributed by atoms with Gasteiger partial charge in [-0.25, -0.2) is 14.6 Å². The molecule has 13 heteroatoms. The van der Waals surface area contributed by atoms with Crippen LogP contribution in [0.5, 0.6) is 11.5 Å². The molecule has 2 amide bonds. The molecule has 1 aliphatic heterocycles. The Morgan fingerprint density at radius 3 is 2.20 bits per heavy atom. The molecule has 0 saturated heterocycles. The fourth-order valence-electron chi connectivity index (χ4n) is 5.71. The Bertz CT molecular complexity index is 1620. The number of nitrogens with zero attached hydrogens (tertiary/aromatic N) is 3. The predicted molar refractivity (Wildman–Crippen MR) is 142 cm³/mol. The summed E-state index contributed by atoms with van der Waals surface area (Å²) in [6.45, 7) is -0.514. The third kappa shape index (κ3) is 5.66. The van der Waals surface area contributed by atoms with Gasteiger partial charge in [-0.05, 0) is 68.9 Å². The first-order chi connectivity index (χ1) is 19.4. The molecule has 0 radical (unpaired) electrons. The molecule has 0 bridgehead atoms. The number of aromatic nitrogens is 2. The van der Waals surface area contributed by atoms with E-state index in [-0.39, 0.29) is 30.7 Å². The number of primary amides is 1. The van der Waals surface area contributed by atoms with E-state index >= 15 is 0 Å². The molecule has 1 fully saturated rings. The number of carbonyl (C=O) groups is 1. The quantitative estimate of drug-likeness (QED) is 0.401. The summed E-state index contributed by atoms with van der Waals surface area (Å²) >= 11 is 0. The third-order valence-electron chi connectivity index (χ3n) is 7.41. The van der Waals surface area contributed by atoms with Crippen molar-refractivity contribution >= 4 is 11.7 Å². The van der Waals surface area contributed by atoms with Crippen LogP contribution in [0.1, 0.15) is 41.1 Å². The van der Waals surface area contributed by atoms with Crippen LogP contribution in [0.15, 0.2) is 40.1 Å². The number of halogens is 4. The second kappa shape index (κ2) is 10.9. The van der Waals surface area contributed by atoms with Crippen LogP contribution in [0.2, 0.25) is 0 Å². The second-order valence-corrected chi connectivity index (χ2v) is 10.3. The second-order valence-electron chi connectivity index (χ2n) is 10.3. The molecule has 9 nitrogen and oxygen atoms in total. The summed E-state index contributed by atoms with van der Waals surface area (Å²) in [6.07, 6.45) is 1.20. The first-order valence-electron chi connectivity index (χ1n) is 13.0. The highest BCUT2D eigenvalue weighted by Crippen LogP contribution is 2.40. The molecular formula is C28H29F4N5O4. The number of alkyl halides is 4. The maximum atomic E-state index is 14.0. The van der Waals surface area contributed by atoms with Gasteiger partial charge in [0.2, 0.25) is 0 Å². The standard InChI is InChI=1S/C28H29F4N5O4/c1-13-6-14(2)24(15(3)7-13)35-23-12-20-19-11-22(41-26(31)32)21(40-25(29)30)8-16(19)4-5-36(20)28(39)37(23)18-9-17(10-18)34-27(33)38/h6-8,11-12,17-18,25-26H,4-5,9-10H2,1-3H3,(H3,33,34,38). The van der Waals surface area contributed by atoms with E-state index in [1.165, 1.54) is 16.7 Å². The fourth-order valence-corrected chi connectivity index (χ4v) is 5.71. The molecular weight excluding hydrogens is 546 g/mol. The number of benzene rings is 2. The van der Waals surface area contributed by atoms with Gasteiger partial charge in [0.1, 0.15) is 5.49 Å². The zero-order chi connectivity index (χ0) is 29.6.